The molecular formula is C38H42N2O6. The minimum absolute atomic E-state index is 0.0953. The third-order valence-electron chi connectivity index (χ3n) is 9.79. The molecule has 1 aromatic heterocycles. The standard InChI is InChI=1S/C38H42N2O6/c41-23-32-35(34(43)19-16-26(33-13-7-8-20-39-33)21-25-14-17-29(42)18-15-25)27(24-46-30-11-5-2-6-12-30)22-31-36(32)38(45)40(37(31)44)28-9-3-1-4-10-28/h2,5-8,11-15,17-18,20-21,28,31-32,34,36,41-43H,1,3-4,9-10,16,19,22-24H2/b26-21-/t31-,32+,34-,36-/m1/s1. The van der Waals surface area contributed by atoms with Crippen molar-refractivity contribution in [1.29, 1.82) is 0 Å². The number of para-hydroxylation sites is 1. The normalized spacial score (nSPS) is 23.0. The molecule has 0 radical (unpaired) electrons. The van der Waals surface area contributed by atoms with Gasteiger partial charge in [-0.3, -0.25) is 19.5 Å². The summed E-state index contributed by atoms with van der Waals surface area (Å²) in [7, 11) is 0. The Balaban J connectivity index is 1.31. The van der Waals surface area contributed by atoms with Crippen LogP contribution in [0.15, 0.2) is 90.1 Å². The van der Waals surface area contributed by atoms with E-state index >= 15 is 0 Å². The predicted molar refractivity (Wildman–Crippen MR) is 175 cm³/mol. The molecule has 3 aliphatic rings. The van der Waals surface area contributed by atoms with Crippen LogP contribution in [-0.4, -0.2) is 62.4 Å². The molecule has 2 fully saturated rings. The number of likely N-dealkylation sites (tertiary alicyclic amines) is 1. The molecule has 1 saturated heterocycles. The summed E-state index contributed by atoms with van der Waals surface area (Å²) in [4.78, 5) is 33.9. The Morgan fingerprint density at radius 3 is 2.39 bits per heavy atom. The summed E-state index contributed by atoms with van der Waals surface area (Å²) >= 11 is 0. The Bertz CT molecular complexity index is 1560. The van der Waals surface area contributed by atoms with E-state index in [1.807, 2.05) is 66.7 Å². The van der Waals surface area contributed by atoms with Gasteiger partial charge in [0.15, 0.2) is 0 Å². The lowest BCUT2D eigenvalue weighted by Gasteiger charge is -2.36. The molecule has 3 aromatic rings. The van der Waals surface area contributed by atoms with Crippen LogP contribution in [0, 0.1) is 17.8 Å². The number of hydrogen-bond acceptors (Lipinski definition) is 7. The first-order valence-electron chi connectivity index (χ1n) is 16.4. The van der Waals surface area contributed by atoms with E-state index in [2.05, 4.69) is 4.98 Å². The number of hydrogen-bond donors (Lipinski definition) is 3. The smallest absolute Gasteiger partial charge is 0.234 e. The van der Waals surface area contributed by atoms with Gasteiger partial charge in [0, 0.05) is 18.2 Å². The van der Waals surface area contributed by atoms with Gasteiger partial charge in [-0.05, 0) is 96.9 Å². The molecular weight excluding hydrogens is 580 g/mol. The van der Waals surface area contributed by atoms with Crippen LogP contribution in [0.1, 0.15) is 62.6 Å². The maximum Gasteiger partial charge on any atom is 0.234 e. The second kappa shape index (κ2) is 14.4. The van der Waals surface area contributed by atoms with Gasteiger partial charge in [0.2, 0.25) is 11.8 Å². The fourth-order valence-corrected chi connectivity index (χ4v) is 7.55. The van der Waals surface area contributed by atoms with Crippen molar-refractivity contribution in [2.24, 2.45) is 17.8 Å². The lowest BCUT2D eigenvalue weighted by molar-refractivity contribution is -0.143. The molecule has 0 unspecified atom stereocenters. The fraction of sp³-hybridized carbons (Fsp3) is 0.395. The van der Waals surface area contributed by atoms with E-state index in [1.54, 1.807) is 18.3 Å². The molecule has 2 heterocycles. The number of ether oxygens (including phenoxy) is 1. The Labute approximate surface area is 270 Å². The van der Waals surface area contributed by atoms with Crippen molar-refractivity contribution in [2.75, 3.05) is 13.2 Å². The molecule has 46 heavy (non-hydrogen) atoms. The number of rotatable bonds is 11. The number of imide groups is 1. The van der Waals surface area contributed by atoms with Crippen LogP contribution < -0.4 is 4.74 Å². The third kappa shape index (κ3) is 6.78. The van der Waals surface area contributed by atoms with E-state index < -0.39 is 23.9 Å². The van der Waals surface area contributed by atoms with E-state index in [0.29, 0.717) is 30.6 Å². The number of aromatic nitrogens is 1. The topological polar surface area (TPSA) is 120 Å². The van der Waals surface area contributed by atoms with E-state index in [0.717, 1.165) is 54.5 Å². The highest BCUT2D eigenvalue weighted by Crippen LogP contribution is 2.48. The van der Waals surface area contributed by atoms with Gasteiger partial charge in [0.25, 0.3) is 0 Å². The number of pyridine rings is 1. The number of aliphatic hydroxyl groups excluding tert-OH is 2. The predicted octanol–water partition coefficient (Wildman–Crippen LogP) is 5.79. The Kier molecular flexibility index (Phi) is 9.95. The lowest BCUT2D eigenvalue weighted by atomic mass is 9.68. The Hall–Kier alpha value is -4.27. The number of carbonyl (C=O) groups excluding carboxylic acids is 2. The number of phenols is 1. The van der Waals surface area contributed by atoms with Crippen LogP contribution in [0.3, 0.4) is 0 Å². The number of phenolic OH excluding ortho intramolecular Hbond substituents is 1. The highest BCUT2D eigenvalue weighted by Gasteiger charge is 2.56. The van der Waals surface area contributed by atoms with E-state index in [4.69, 9.17) is 4.74 Å². The third-order valence-corrected chi connectivity index (χ3v) is 9.79. The van der Waals surface area contributed by atoms with E-state index in [1.165, 1.54) is 4.90 Å². The van der Waals surface area contributed by atoms with Gasteiger partial charge in [-0.2, -0.15) is 0 Å². The van der Waals surface area contributed by atoms with Gasteiger partial charge in [-0.1, -0.05) is 55.7 Å². The summed E-state index contributed by atoms with van der Waals surface area (Å²) in [5.74, 6) is -1.49. The van der Waals surface area contributed by atoms with Crippen molar-refractivity contribution in [3.05, 3.63) is 101 Å². The van der Waals surface area contributed by atoms with Gasteiger partial charge in [0.1, 0.15) is 18.1 Å². The molecule has 2 aromatic carbocycles. The van der Waals surface area contributed by atoms with E-state index in [-0.39, 0.29) is 36.8 Å². The van der Waals surface area contributed by atoms with Crippen LogP contribution in [-0.2, 0) is 9.59 Å². The van der Waals surface area contributed by atoms with Crippen LogP contribution in [0.5, 0.6) is 11.5 Å². The molecule has 3 N–H and O–H groups in total. The number of amides is 2. The molecule has 8 nitrogen and oxygen atoms in total. The number of fused-ring (bicyclic) bond motifs is 1. The fourth-order valence-electron chi connectivity index (χ4n) is 7.55. The average Bonchev–Trinajstić information content (AvgIpc) is 3.35. The minimum Gasteiger partial charge on any atom is -0.508 e. The van der Waals surface area contributed by atoms with Crippen LogP contribution in [0.25, 0.3) is 11.6 Å². The van der Waals surface area contributed by atoms with Crippen molar-refractivity contribution in [3.8, 4) is 11.5 Å². The lowest BCUT2D eigenvalue weighted by Crippen LogP contribution is -2.42. The second-order valence-electron chi connectivity index (χ2n) is 12.7. The number of allylic oxidation sites excluding steroid dienone is 1. The molecule has 1 aliphatic heterocycles. The quantitative estimate of drug-likeness (QED) is 0.183. The zero-order valence-corrected chi connectivity index (χ0v) is 26.0. The zero-order valence-electron chi connectivity index (χ0n) is 26.0. The van der Waals surface area contributed by atoms with Crippen molar-refractivity contribution in [3.63, 3.8) is 0 Å². The monoisotopic (exact) mass is 622 g/mol. The SMILES string of the molecule is O=C1[C@@H]2[C@@H](CC(COc3ccccc3)=C([C@H](O)CC/C(=C/c3ccc(O)cc3)c3ccccn3)[C@@H]2CO)C(=O)N1C1CCCCC1. The first-order chi connectivity index (χ1) is 22.4. The molecule has 2 aliphatic carbocycles. The molecule has 4 atom stereocenters. The first-order valence-corrected chi connectivity index (χ1v) is 16.4. The summed E-state index contributed by atoms with van der Waals surface area (Å²) in [6.45, 7) is -0.201. The molecule has 0 spiro atoms. The number of aliphatic hydroxyl groups is 2. The summed E-state index contributed by atoms with van der Waals surface area (Å²) < 4.78 is 6.15. The molecule has 1 saturated carbocycles. The Morgan fingerprint density at radius 1 is 0.957 bits per heavy atom. The Morgan fingerprint density at radius 2 is 1.70 bits per heavy atom. The van der Waals surface area contributed by atoms with Crippen molar-refractivity contribution >= 4 is 23.5 Å². The van der Waals surface area contributed by atoms with Crippen molar-refractivity contribution < 1.29 is 29.6 Å². The van der Waals surface area contributed by atoms with E-state index in [9.17, 15) is 24.9 Å². The zero-order chi connectivity index (χ0) is 32.0. The molecule has 0 bridgehead atoms. The van der Waals surface area contributed by atoms with Gasteiger partial charge in [0.05, 0.1) is 30.2 Å². The summed E-state index contributed by atoms with van der Waals surface area (Å²) in [6.07, 6.45) is 8.55. The number of benzene rings is 2. The maximum atomic E-state index is 14.0. The van der Waals surface area contributed by atoms with Crippen LogP contribution in [0.4, 0.5) is 0 Å². The van der Waals surface area contributed by atoms with Gasteiger partial charge >= 0.3 is 0 Å². The largest absolute Gasteiger partial charge is 0.508 e. The first kappa shape index (κ1) is 31.7. The maximum absolute atomic E-state index is 14.0. The number of nitrogens with zero attached hydrogens (tertiary/aromatic N) is 2. The second-order valence-corrected chi connectivity index (χ2v) is 12.7. The van der Waals surface area contributed by atoms with Crippen LogP contribution in [0.2, 0.25) is 0 Å². The van der Waals surface area contributed by atoms with Crippen molar-refractivity contribution in [1.82, 2.24) is 9.88 Å². The summed E-state index contributed by atoms with van der Waals surface area (Å²) in [5, 5.41) is 32.5. The van der Waals surface area contributed by atoms with Gasteiger partial charge in [-0.25, -0.2) is 0 Å². The molecule has 2 amide bonds. The molecule has 8 heteroatoms. The number of carbonyl (C=O) groups is 2. The highest BCUT2D eigenvalue weighted by atomic mass is 16.5. The number of aromatic hydroxyl groups is 1. The summed E-state index contributed by atoms with van der Waals surface area (Å²) in [6, 6.07) is 21.9. The summed E-state index contributed by atoms with van der Waals surface area (Å²) in [5.41, 5.74) is 3.93. The van der Waals surface area contributed by atoms with Gasteiger partial charge < -0.3 is 20.1 Å². The van der Waals surface area contributed by atoms with Crippen LogP contribution >= 0.6 is 0 Å². The highest BCUT2D eigenvalue weighted by molar-refractivity contribution is 6.06. The molecule has 240 valence electrons. The average molecular weight is 623 g/mol. The minimum atomic E-state index is -0.981. The van der Waals surface area contributed by atoms with Gasteiger partial charge in [-0.15, -0.1) is 0 Å². The van der Waals surface area contributed by atoms with Crippen molar-refractivity contribution in [2.45, 2.75) is 63.5 Å². The molecule has 6 rings (SSSR count).